The van der Waals surface area contributed by atoms with Gasteiger partial charge in [-0.3, -0.25) is 4.79 Å². The zero-order valence-corrected chi connectivity index (χ0v) is 15.0. The van der Waals surface area contributed by atoms with Crippen LogP contribution in [0.15, 0.2) is 54.6 Å². The maximum atomic E-state index is 12.7. The average Bonchev–Trinajstić information content (AvgIpc) is 2.93. The van der Waals surface area contributed by atoms with E-state index in [9.17, 15) is 13.2 Å². The Balaban J connectivity index is 1.78. The smallest absolute Gasteiger partial charge is 0.266 e. The summed E-state index contributed by atoms with van der Waals surface area (Å²) in [5.74, 6) is 0.225. The first kappa shape index (κ1) is 17.8. The fourth-order valence-corrected chi connectivity index (χ4v) is 4.54. The monoisotopic (exact) mass is 379 g/mol. The molecule has 2 atom stereocenters. The van der Waals surface area contributed by atoms with Crippen LogP contribution in [0.2, 0.25) is 5.02 Å². The molecule has 1 fully saturated rings. The predicted octanol–water partition coefficient (Wildman–Crippen LogP) is 2.76. The van der Waals surface area contributed by atoms with Crippen molar-refractivity contribution < 1.29 is 17.9 Å². The number of amides is 1. The molecule has 0 spiro atoms. The van der Waals surface area contributed by atoms with Crippen molar-refractivity contribution in [2.75, 3.05) is 11.5 Å². The number of benzene rings is 2. The Morgan fingerprint density at radius 3 is 2.40 bits per heavy atom. The Morgan fingerprint density at radius 2 is 1.80 bits per heavy atom. The van der Waals surface area contributed by atoms with Crippen molar-refractivity contribution in [1.82, 2.24) is 5.32 Å². The molecule has 2 aromatic carbocycles. The molecular formula is C18H18ClNO4S. The molecule has 7 heteroatoms. The van der Waals surface area contributed by atoms with Crippen molar-refractivity contribution in [1.29, 1.82) is 0 Å². The van der Waals surface area contributed by atoms with Crippen LogP contribution in [0, 0.1) is 0 Å². The second-order valence-electron chi connectivity index (χ2n) is 5.97. The number of carbonyl (C=O) groups is 1. The lowest BCUT2D eigenvalue weighted by atomic mass is 10.1. The molecule has 0 aliphatic carbocycles. The number of nitrogens with one attached hydrogen (secondary N) is 1. The van der Waals surface area contributed by atoms with Crippen LogP contribution in [0.3, 0.4) is 0 Å². The highest BCUT2D eigenvalue weighted by Gasteiger charge is 2.32. The molecule has 0 bridgehead atoms. The summed E-state index contributed by atoms with van der Waals surface area (Å²) in [6.45, 7) is 0. The van der Waals surface area contributed by atoms with Crippen LogP contribution in [0.1, 0.15) is 18.1 Å². The van der Waals surface area contributed by atoms with Gasteiger partial charge in [-0.15, -0.1) is 0 Å². The molecule has 1 aliphatic heterocycles. The molecule has 5 nitrogen and oxygen atoms in total. The largest absolute Gasteiger partial charge is 0.476 e. The van der Waals surface area contributed by atoms with Crippen molar-refractivity contribution in [3.63, 3.8) is 0 Å². The summed E-state index contributed by atoms with van der Waals surface area (Å²) in [5, 5.41) is 3.37. The molecule has 1 heterocycles. The lowest BCUT2D eigenvalue weighted by Crippen LogP contribution is -2.40. The van der Waals surface area contributed by atoms with E-state index in [2.05, 4.69) is 5.32 Å². The molecule has 1 amide bonds. The van der Waals surface area contributed by atoms with Gasteiger partial charge in [0.15, 0.2) is 9.84 Å². The first-order chi connectivity index (χ1) is 11.9. The number of hydrogen-bond donors (Lipinski definition) is 1. The van der Waals surface area contributed by atoms with Crippen LogP contribution < -0.4 is 10.1 Å². The van der Waals surface area contributed by atoms with Crippen LogP contribution >= 0.6 is 11.6 Å². The van der Waals surface area contributed by atoms with Crippen LogP contribution in [0.4, 0.5) is 0 Å². The molecule has 1 saturated heterocycles. The second-order valence-corrected chi connectivity index (χ2v) is 8.64. The third-order valence-electron chi connectivity index (χ3n) is 3.99. The van der Waals surface area contributed by atoms with Crippen molar-refractivity contribution in [2.45, 2.75) is 18.6 Å². The summed E-state index contributed by atoms with van der Waals surface area (Å²) in [5.41, 5.74) is 0.691. The Hall–Kier alpha value is -2.05. The van der Waals surface area contributed by atoms with Crippen molar-refractivity contribution >= 4 is 27.3 Å². The van der Waals surface area contributed by atoms with E-state index in [0.29, 0.717) is 22.8 Å². The van der Waals surface area contributed by atoms with Crippen molar-refractivity contribution in [3.05, 3.63) is 65.2 Å². The quantitative estimate of drug-likeness (QED) is 0.867. The van der Waals surface area contributed by atoms with Crippen LogP contribution in [0.25, 0.3) is 0 Å². The molecule has 1 aliphatic rings. The van der Waals surface area contributed by atoms with Gasteiger partial charge in [0.05, 0.1) is 11.5 Å². The molecule has 1 N–H and O–H groups in total. The summed E-state index contributed by atoms with van der Waals surface area (Å²) < 4.78 is 29.0. The van der Waals surface area contributed by atoms with Gasteiger partial charge in [0.2, 0.25) is 6.10 Å². The number of halogens is 1. The number of ether oxygens (including phenoxy) is 1. The number of hydrogen-bond acceptors (Lipinski definition) is 4. The van der Waals surface area contributed by atoms with E-state index < -0.39 is 15.9 Å². The molecular weight excluding hydrogens is 362 g/mol. The topological polar surface area (TPSA) is 72.5 Å². The Bertz CT molecular complexity index is 837. The Morgan fingerprint density at radius 1 is 1.12 bits per heavy atom. The molecule has 25 heavy (non-hydrogen) atoms. The molecule has 0 unspecified atom stereocenters. The Labute approximate surface area is 151 Å². The van der Waals surface area contributed by atoms with Crippen molar-refractivity contribution in [3.8, 4) is 5.75 Å². The lowest BCUT2D eigenvalue weighted by molar-refractivity contribution is -0.128. The van der Waals surface area contributed by atoms with E-state index >= 15 is 0 Å². The van der Waals surface area contributed by atoms with Gasteiger partial charge in [-0.1, -0.05) is 41.9 Å². The summed E-state index contributed by atoms with van der Waals surface area (Å²) >= 11 is 5.88. The van der Waals surface area contributed by atoms with E-state index in [0.717, 1.165) is 0 Å². The Kier molecular flexibility index (Phi) is 5.30. The van der Waals surface area contributed by atoms with E-state index in [1.165, 1.54) is 0 Å². The summed E-state index contributed by atoms with van der Waals surface area (Å²) in [6, 6.07) is 15.4. The van der Waals surface area contributed by atoms with E-state index in [1.807, 2.05) is 18.2 Å². The fourth-order valence-electron chi connectivity index (χ4n) is 2.74. The third kappa shape index (κ3) is 4.74. The van der Waals surface area contributed by atoms with E-state index in [4.69, 9.17) is 16.3 Å². The van der Waals surface area contributed by atoms with Gasteiger partial charge in [-0.05, 0) is 30.7 Å². The minimum absolute atomic E-state index is 0.0266. The zero-order chi connectivity index (χ0) is 17.9. The first-order valence-electron chi connectivity index (χ1n) is 7.91. The van der Waals surface area contributed by atoms with Gasteiger partial charge >= 0.3 is 0 Å². The summed E-state index contributed by atoms with van der Waals surface area (Å²) in [7, 11) is -3.07. The number of sulfone groups is 1. The standard InChI is InChI=1S/C18H18ClNO4S/c19-14-6-8-16(9-7-14)24-17(13-4-2-1-3-5-13)18(21)20-15-10-11-25(22,23)12-15/h1-9,15,17H,10-12H2,(H,20,21)/t15-,17+/m0/s1. The third-order valence-corrected chi connectivity index (χ3v) is 6.01. The van der Waals surface area contributed by atoms with E-state index in [1.54, 1.807) is 36.4 Å². The number of rotatable bonds is 5. The second kappa shape index (κ2) is 7.45. The minimum Gasteiger partial charge on any atom is -0.476 e. The molecule has 0 radical (unpaired) electrons. The predicted molar refractivity (Wildman–Crippen MR) is 96.5 cm³/mol. The highest BCUT2D eigenvalue weighted by Crippen LogP contribution is 2.24. The van der Waals surface area contributed by atoms with Gasteiger partial charge in [-0.25, -0.2) is 8.42 Å². The SMILES string of the molecule is O=C(N[C@H]1CCS(=O)(=O)C1)[C@H](Oc1ccc(Cl)cc1)c1ccccc1. The summed E-state index contributed by atoms with van der Waals surface area (Å²) in [6.07, 6.45) is -0.443. The van der Waals surface area contributed by atoms with Crippen LogP contribution in [0.5, 0.6) is 5.75 Å². The lowest BCUT2D eigenvalue weighted by Gasteiger charge is -2.21. The average molecular weight is 380 g/mol. The molecule has 2 aromatic rings. The van der Waals surface area contributed by atoms with E-state index in [-0.39, 0.29) is 23.5 Å². The molecule has 132 valence electrons. The maximum Gasteiger partial charge on any atom is 0.266 e. The highest BCUT2D eigenvalue weighted by atomic mass is 35.5. The zero-order valence-electron chi connectivity index (χ0n) is 13.4. The first-order valence-corrected chi connectivity index (χ1v) is 10.1. The van der Waals surface area contributed by atoms with Gasteiger partial charge < -0.3 is 10.1 Å². The van der Waals surface area contributed by atoms with Gasteiger partial charge in [0.1, 0.15) is 5.75 Å². The summed E-state index contributed by atoms with van der Waals surface area (Å²) in [4.78, 5) is 12.7. The number of carbonyl (C=O) groups excluding carboxylic acids is 1. The van der Waals surface area contributed by atoms with Gasteiger partial charge in [-0.2, -0.15) is 0 Å². The maximum absolute atomic E-state index is 12.7. The molecule has 0 saturated carbocycles. The van der Waals surface area contributed by atoms with Crippen LogP contribution in [-0.2, 0) is 14.6 Å². The highest BCUT2D eigenvalue weighted by molar-refractivity contribution is 7.91. The normalized spacial score (nSPS) is 20.0. The van der Waals surface area contributed by atoms with Crippen LogP contribution in [-0.4, -0.2) is 31.9 Å². The van der Waals surface area contributed by atoms with Gasteiger partial charge in [0.25, 0.3) is 5.91 Å². The molecule has 3 rings (SSSR count). The fraction of sp³-hybridized carbons (Fsp3) is 0.278. The molecule has 0 aromatic heterocycles. The van der Waals surface area contributed by atoms with Crippen molar-refractivity contribution in [2.24, 2.45) is 0 Å². The minimum atomic E-state index is -3.07. The van der Waals surface area contributed by atoms with Gasteiger partial charge in [0, 0.05) is 16.6 Å².